The molecule has 0 bridgehead atoms. The molecule has 2 atom stereocenters. The minimum atomic E-state index is -4.79. The molecule has 3 aromatic rings. The van der Waals surface area contributed by atoms with Crippen LogP contribution in [0.3, 0.4) is 0 Å². The number of alkyl halides is 3. The van der Waals surface area contributed by atoms with Crippen LogP contribution < -0.4 is 4.74 Å². The zero-order valence-electron chi connectivity index (χ0n) is 18.8. The second kappa shape index (κ2) is 9.91. The van der Waals surface area contributed by atoms with Crippen LogP contribution in [-0.4, -0.2) is 33.9 Å². The van der Waals surface area contributed by atoms with Crippen molar-refractivity contribution in [3.8, 4) is 11.4 Å². The van der Waals surface area contributed by atoms with Gasteiger partial charge in [-0.2, -0.15) is 13.2 Å². The number of benzene rings is 2. The highest BCUT2D eigenvalue weighted by atomic mass is 35.5. The predicted octanol–water partition coefficient (Wildman–Crippen LogP) is 6.82. The number of hydrogen-bond donors (Lipinski definition) is 0. The molecule has 0 saturated carbocycles. The van der Waals surface area contributed by atoms with Crippen LogP contribution in [0.4, 0.5) is 13.2 Å². The Labute approximate surface area is 213 Å². The number of aromatic nitrogens is 3. The summed E-state index contributed by atoms with van der Waals surface area (Å²) in [6, 6.07) is 9.74. The summed E-state index contributed by atoms with van der Waals surface area (Å²) in [5, 5.41) is 6.51. The number of halogens is 5. The molecule has 0 spiro atoms. The first-order valence-corrected chi connectivity index (χ1v) is 12.2. The topological polar surface area (TPSA) is 66.2 Å². The van der Waals surface area contributed by atoms with Crippen LogP contribution in [0.25, 0.3) is 5.69 Å². The van der Waals surface area contributed by atoms with Crippen LogP contribution in [0.1, 0.15) is 53.5 Å². The van der Waals surface area contributed by atoms with Crippen molar-refractivity contribution in [2.24, 2.45) is 0 Å². The largest absolute Gasteiger partial charge is 0.495 e. The van der Waals surface area contributed by atoms with Gasteiger partial charge in [-0.1, -0.05) is 35.3 Å². The molecule has 0 saturated heterocycles. The van der Waals surface area contributed by atoms with E-state index >= 15 is 0 Å². The molecule has 0 radical (unpaired) electrons. The standard InChI is InChI=1S/C23H20Cl2F3N3O3S/c1-11(2)34-18(32)10-17-21-29-30-22(23(26,27)28)31(21)15-8-7-12(24)9-14(15)20(35-17)13-5-4-6-16(33-3)19(13)25/h4-9,11,17,20H,10H2,1-3H3/t17-,20-/m1/s1. The molecule has 1 aliphatic rings. The van der Waals surface area contributed by atoms with Crippen molar-refractivity contribution in [3.63, 3.8) is 0 Å². The number of esters is 1. The fourth-order valence-corrected chi connectivity index (χ4v) is 5.96. The van der Waals surface area contributed by atoms with Crippen LogP contribution in [0.5, 0.6) is 5.75 Å². The van der Waals surface area contributed by atoms with E-state index in [9.17, 15) is 18.0 Å². The van der Waals surface area contributed by atoms with Crippen molar-refractivity contribution in [2.45, 2.75) is 43.0 Å². The Morgan fingerprint density at radius 1 is 1.17 bits per heavy atom. The first-order chi connectivity index (χ1) is 16.5. The van der Waals surface area contributed by atoms with Crippen molar-refractivity contribution in [3.05, 3.63) is 69.2 Å². The Kier molecular flexibility index (Phi) is 7.26. The highest BCUT2D eigenvalue weighted by Gasteiger charge is 2.43. The molecular weight excluding hydrogens is 526 g/mol. The Bertz CT molecular complexity index is 1270. The minimum Gasteiger partial charge on any atom is -0.495 e. The van der Waals surface area contributed by atoms with Gasteiger partial charge in [0.1, 0.15) is 5.75 Å². The van der Waals surface area contributed by atoms with E-state index < -0.39 is 28.5 Å². The molecule has 2 heterocycles. The molecule has 0 fully saturated rings. The zero-order chi connectivity index (χ0) is 25.5. The molecule has 186 valence electrons. The fraction of sp³-hybridized carbons (Fsp3) is 0.348. The van der Waals surface area contributed by atoms with E-state index in [1.807, 2.05) is 0 Å². The maximum Gasteiger partial charge on any atom is 0.452 e. The third-order valence-corrected chi connectivity index (χ3v) is 7.38. The molecule has 1 aromatic heterocycles. The quantitative estimate of drug-likeness (QED) is 0.327. The van der Waals surface area contributed by atoms with Gasteiger partial charge in [0.2, 0.25) is 5.82 Å². The van der Waals surface area contributed by atoms with Gasteiger partial charge in [0.15, 0.2) is 5.82 Å². The number of carbonyl (C=O) groups excluding carboxylic acids is 1. The summed E-state index contributed by atoms with van der Waals surface area (Å²) in [6.07, 6.45) is -5.40. The summed E-state index contributed by atoms with van der Waals surface area (Å²) >= 11 is 14.1. The Morgan fingerprint density at radius 2 is 1.91 bits per heavy atom. The van der Waals surface area contributed by atoms with Crippen LogP contribution >= 0.6 is 35.0 Å². The number of thioether (sulfide) groups is 1. The lowest BCUT2D eigenvalue weighted by molar-refractivity contribution is -0.147. The summed E-state index contributed by atoms with van der Waals surface area (Å²) < 4.78 is 53.5. The molecule has 1 aliphatic heterocycles. The van der Waals surface area contributed by atoms with Gasteiger partial charge in [-0.05, 0) is 49.2 Å². The highest BCUT2D eigenvalue weighted by molar-refractivity contribution is 8.00. The third-order valence-electron chi connectivity index (χ3n) is 5.26. The van der Waals surface area contributed by atoms with Crippen molar-refractivity contribution in [1.82, 2.24) is 14.8 Å². The van der Waals surface area contributed by atoms with Gasteiger partial charge in [0.25, 0.3) is 0 Å². The van der Waals surface area contributed by atoms with E-state index in [-0.39, 0.29) is 24.0 Å². The van der Waals surface area contributed by atoms with Crippen LogP contribution in [0.15, 0.2) is 36.4 Å². The number of carbonyl (C=O) groups is 1. The van der Waals surface area contributed by atoms with Gasteiger partial charge in [-0.25, -0.2) is 0 Å². The number of hydrogen-bond acceptors (Lipinski definition) is 6. The molecule has 0 amide bonds. The van der Waals surface area contributed by atoms with Gasteiger partial charge in [0, 0.05) is 5.02 Å². The van der Waals surface area contributed by atoms with E-state index in [1.165, 1.54) is 31.0 Å². The molecule has 35 heavy (non-hydrogen) atoms. The normalized spacial score (nSPS) is 17.5. The molecule has 0 unspecified atom stereocenters. The van der Waals surface area contributed by atoms with Gasteiger partial charge < -0.3 is 9.47 Å². The molecule has 0 N–H and O–H groups in total. The summed E-state index contributed by atoms with van der Waals surface area (Å²) in [6.45, 7) is 3.39. The zero-order valence-corrected chi connectivity index (χ0v) is 21.1. The minimum absolute atomic E-state index is 0.0203. The molecular formula is C23H20Cl2F3N3O3S. The first-order valence-electron chi connectivity index (χ1n) is 10.5. The van der Waals surface area contributed by atoms with Crippen LogP contribution in [-0.2, 0) is 15.7 Å². The maximum atomic E-state index is 14.0. The summed E-state index contributed by atoms with van der Waals surface area (Å²) in [7, 11) is 1.47. The number of rotatable bonds is 5. The first kappa shape index (κ1) is 25.7. The Hall–Kier alpha value is -2.43. The number of nitrogens with zero attached hydrogens (tertiary/aromatic N) is 3. The van der Waals surface area contributed by atoms with Crippen LogP contribution in [0, 0.1) is 0 Å². The number of ether oxygens (including phenoxy) is 2. The average molecular weight is 546 g/mol. The molecule has 0 aliphatic carbocycles. The van der Waals surface area contributed by atoms with Gasteiger partial charge in [0.05, 0.1) is 40.8 Å². The maximum absolute atomic E-state index is 14.0. The van der Waals surface area contributed by atoms with E-state index in [0.29, 0.717) is 26.9 Å². The lowest BCUT2D eigenvalue weighted by atomic mass is 10.0. The second-order valence-corrected chi connectivity index (χ2v) is 10.2. The number of methoxy groups -OCH3 is 1. The number of fused-ring (bicyclic) bond motifs is 3. The monoisotopic (exact) mass is 545 g/mol. The van der Waals surface area contributed by atoms with Crippen molar-refractivity contribution in [2.75, 3.05) is 7.11 Å². The van der Waals surface area contributed by atoms with Crippen molar-refractivity contribution >= 4 is 40.9 Å². The van der Waals surface area contributed by atoms with E-state index in [0.717, 1.165) is 4.57 Å². The molecule has 12 heteroatoms. The molecule has 2 aromatic carbocycles. The van der Waals surface area contributed by atoms with Crippen molar-refractivity contribution in [1.29, 1.82) is 0 Å². The Balaban J connectivity index is 1.97. The summed E-state index contributed by atoms with van der Waals surface area (Å²) in [5.41, 5.74) is 1.25. The molecule has 4 rings (SSSR count). The van der Waals surface area contributed by atoms with E-state index in [2.05, 4.69) is 10.2 Å². The fourth-order valence-electron chi connectivity index (χ4n) is 3.89. The van der Waals surface area contributed by atoms with E-state index in [4.69, 9.17) is 32.7 Å². The summed E-state index contributed by atoms with van der Waals surface area (Å²) in [4.78, 5) is 12.6. The second-order valence-electron chi connectivity index (χ2n) is 8.03. The average Bonchev–Trinajstić information content (AvgIpc) is 3.17. The Morgan fingerprint density at radius 3 is 2.57 bits per heavy atom. The SMILES string of the molecule is COc1cccc([C@H]2S[C@H](CC(=O)OC(C)C)c3nnc(C(F)(F)F)n3-c3ccc(Cl)cc32)c1Cl. The van der Waals surface area contributed by atoms with Gasteiger partial charge in [-0.3, -0.25) is 9.36 Å². The predicted molar refractivity (Wildman–Crippen MR) is 127 cm³/mol. The van der Waals surface area contributed by atoms with Gasteiger partial charge >= 0.3 is 12.1 Å². The van der Waals surface area contributed by atoms with E-state index in [1.54, 1.807) is 38.1 Å². The third kappa shape index (κ3) is 5.10. The lowest BCUT2D eigenvalue weighted by Gasteiger charge is -2.23. The smallest absolute Gasteiger partial charge is 0.452 e. The molecule has 6 nitrogen and oxygen atoms in total. The lowest BCUT2D eigenvalue weighted by Crippen LogP contribution is -2.18. The summed E-state index contributed by atoms with van der Waals surface area (Å²) in [5.74, 6) is -1.38. The van der Waals surface area contributed by atoms with Gasteiger partial charge in [-0.15, -0.1) is 22.0 Å². The highest BCUT2D eigenvalue weighted by Crippen LogP contribution is 2.53. The van der Waals surface area contributed by atoms with Crippen LogP contribution in [0.2, 0.25) is 10.0 Å². The van der Waals surface area contributed by atoms with Crippen molar-refractivity contribution < 1.29 is 27.4 Å².